The van der Waals surface area contributed by atoms with Gasteiger partial charge in [-0.1, -0.05) is 47.0 Å². The van der Waals surface area contributed by atoms with Gasteiger partial charge in [0.1, 0.15) is 23.1 Å². The number of nitrogens with one attached hydrogen (secondary N) is 9. The minimum Gasteiger partial charge on any atom is -0.664 e. The predicted octanol–water partition coefficient (Wildman–Crippen LogP) is 8.09. The Labute approximate surface area is 607 Å². The minimum absolute atomic E-state index is 0. The molecule has 0 saturated heterocycles. The topological polar surface area (TPSA) is 376 Å². The molecule has 96 heavy (non-hydrogen) atoms. The summed E-state index contributed by atoms with van der Waals surface area (Å²) in [6.07, 6.45) is 12.7. The predicted molar refractivity (Wildman–Crippen MR) is 354 cm³/mol. The van der Waals surface area contributed by atoms with Gasteiger partial charge in [0.2, 0.25) is 0 Å². The normalized spacial score (nSPS) is 9.98. The van der Waals surface area contributed by atoms with E-state index in [-0.39, 0.29) is 192 Å². The van der Waals surface area contributed by atoms with Crippen molar-refractivity contribution >= 4 is 87.9 Å². The fourth-order valence-corrected chi connectivity index (χ4v) is 8.61. The number of amides is 9. The third-order valence-electron chi connectivity index (χ3n) is 14.2. The number of Topliss-reactive ketones (excluding diaryl/α,β-unsaturated/α-hetero) is 6. The second-order valence-corrected chi connectivity index (χ2v) is 21.8. The molecule has 0 saturated carbocycles. The van der Waals surface area contributed by atoms with Crippen molar-refractivity contribution in [2.45, 2.75) is 169 Å². The maximum atomic E-state index is 12.9. The molecule has 0 atom stereocenters. The molecule has 0 aliphatic carbocycles. The maximum absolute atomic E-state index is 12.9. The zero-order valence-corrected chi connectivity index (χ0v) is 65.1. The van der Waals surface area contributed by atoms with Crippen LogP contribution < -0.4 is 42.5 Å². The summed E-state index contributed by atoms with van der Waals surface area (Å²) in [6, 6.07) is 12.6. The smallest absolute Gasteiger partial charge is 0.251 e. The van der Waals surface area contributed by atoms with E-state index in [4.69, 9.17) is 5.73 Å². The molecule has 0 unspecified atom stereocenters. The fourth-order valence-electron chi connectivity index (χ4n) is 8.61. The van der Waals surface area contributed by atoms with Crippen molar-refractivity contribution in [1.82, 2.24) is 42.5 Å². The second kappa shape index (κ2) is 54.8. The van der Waals surface area contributed by atoms with Crippen LogP contribution in [0.2, 0.25) is 0 Å². The van der Waals surface area contributed by atoms with Crippen molar-refractivity contribution in [3.63, 3.8) is 0 Å². The van der Waals surface area contributed by atoms with Gasteiger partial charge in [-0.3, -0.25) is 57.5 Å². The first-order valence-electron chi connectivity index (χ1n) is 32.0. The van der Waals surface area contributed by atoms with Gasteiger partial charge in [0.25, 0.3) is 47.3 Å². The Balaban J connectivity index is -0.00000143. The molecule has 0 aromatic heterocycles. The molecule has 27 heteroatoms. The van der Waals surface area contributed by atoms with E-state index in [1.165, 1.54) is 68.7 Å². The van der Waals surface area contributed by atoms with Crippen LogP contribution in [0.1, 0.15) is 262 Å². The summed E-state index contributed by atoms with van der Waals surface area (Å²) in [5, 5.41) is 21.4. The van der Waals surface area contributed by atoms with E-state index < -0.39 is 35.4 Å². The van der Waals surface area contributed by atoms with Gasteiger partial charge >= 0.3 is 0 Å². The average molecular weight is 1840 g/mol. The van der Waals surface area contributed by atoms with Gasteiger partial charge < -0.3 is 76.5 Å². The number of rotatable bonds is 43. The molecule has 528 valence electrons. The van der Waals surface area contributed by atoms with Crippen LogP contribution in [0.25, 0.3) is 5.73 Å². The van der Waals surface area contributed by atoms with E-state index in [9.17, 15) is 71.9 Å². The third kappa shape index (κ3) is 41.0. The van der Waals surface area contributed by atoms with Crippen molar-refractivity contribution in [2.75, 3.05) is 53.4 Å². The molecule has 0 fully saturated rings. The third-order valence-corrected chi connectivity index (χ3v) is 14.2. The number of ketones is 6. The summed E-state index contributed by atoms with van der Waals surface area (Å²) >= 11 is 0. The summed E-state index contributed by atoms with van der Waals surface area (Å²) in [5.41, 5.74) is 8.41. The van der Waals surface area contributed by atoms with Gasteiger partial charge in [0, 0.05) is 218 Å². The van der Waals surface area contributed by atoms with Gasteiger partial charge in [0.15, 0.2) is 0 Å². The van der Waals surface area contributed by atoms with Crippen LogP contribution in [0.15, 0.2) is 54.6 Å². The Bertz CT molecular complexity index is 2920. The molecule has 0 aliphatic heterocycles. The maximum Gasteiger partial charge on any atom is 0.251 e. The van der Waals surface area contributed by atoms with Crippen LogP contribution >= 0.6 is 0 Å². The molecule has 0 heterocycles. The molecule has 0 bridgehead atoms. The van der Waals surface area contributed by atoms with Crippen LogP contribution in [0.5, 0.6) is 0 Å². The molecular weight excluding hydrogens is 1750 g/mol. The molecule has 9 N–H and O–H groups in total. The molecule has 3 aromatic carbocycles. The first kappa shape index (κ1) is 92.9. The summed E-state index contributed by atoms with van der Waals surface area (Å²) in [7, 11) is 2.88. The summed E-state index contributed by atoms with van der Waals surface area (Å²) in [5.74, 6) is -3.98. The van der Waals surface area contributed by atoms with Gasteiger partial charge in [-0.05, 0) is 137 Å². The van der Waals surface area contributed by atoms with E-state index in [2.05, 4.69) is 56.4 Å². The van der Waals surface area contributed by atoms with E-state index in [0.717, 1.165) is 44.9 Å². The number of carbonyl (C=O) groups excluding carboxylic acids is 15. The SMILES string of the molecule is CNC(=O)c1cc(C([NH-])=O)cc(C(=O)NC)c1.[CH2-]C(=O)CCCCCNC(=O)c1cc(C(=O)NCCCCCC(=O)CC)cc(C(=O)NCCCCCC(=O)CC)c1.[CH2-]C(=O)CCCNC(=O)c1cc(C(=O)NCCCC(=O)CC)cc(C(=O)NCCCC(=O)CC)c1.[W].[W].[W]. The Morgan fingerprint density at radius 2 is 0.469 bits per heavy atom. The van der Waals surface area contributed by atoms with Crippen molar-refractivity contribution in [2.24, 2.45) is 0 Å². The van der Waals surface area contributed by atoms with Crippen molar-refractivity contribution < 1.29 is 135 Å². The number of unbranched alkanes of at least 4 members (excludes halogenated alkanes) is 6. The molecule has 3 aromatic rings. The molecule has 3 rings (SSSR count). The Morgan fingerprint density at radius 3 is 0.688 bits per heavy atom. The van der Waals surface area contributed by atoms with Crippen molar-refractivity contribution in [1.29, 1.82) is 0 Å². The van der Waals surface area contributed by atoms with Crippen molar-refractivity contribution in [3.8, 4) is 0 Å². The molecule has 24 nitrogen and oxygen atoms in total. The first-order valence-corrected chi connectivity index (χ1v) is 32.0. The van der Waals surface area contributed by atoms with Gasteiger partial charge in [-0.2, -0.15) is 0 Å². The summed E-state index contributed by atoms with van der Waals surface area (Å²) < 4.78 is 0. The van der Waals surface area contributed by atoms with Crippen LogP contribution in [0.3, 0.4) is 0 Å². The van der Waals surface area contributed by atoms with Gasteiger partial charge in [0.05, 0.1) is 5.91 Å². The quantitative estimate of drug-likeness (QED) is 0.0196. The monoisotopic (exact) mass is 1840 g/mol. The van der Waals surface area contributed by atoms with Gasteiger partial charge in [-0.25, -0.2) is 0 Å². The number of carbonyl (C=O) groups is 15. The number of hydrogen-bond acceptors (Lipinski definition) is 15. The van der Waals surface area contributed by atoms with E-state index >= 15 is 0 Å². The molecule has 0 spiro atoms. The molecule has 0 aliphatic rings. The van der Waals surface area contributed by atoms with Gasteiger partial charge in [-0.15, -0.1) is 0 Å². The molecular formula is C69H96N9O15W3-3. The minimum atomic E-state index is -0.944. The fraction of sp³-hybridized carbons (Fsp3) is 0.493. The Hall–Kier alpha value is -7.29. The van der Waals surface area contributed by atoms with E-state index in [1.807, 2.05) is 13.8 Å². The van der Waals surface area contributed by atoms with Crippen LogP contribution in [0.4, 0.5) is 0 Å². The Kier molecular flexibility index (Phi) is 53.0. The van der Waals surface area contributed by atoms with Crippen LogP contribution in [-0.2, 0) is 92.0 Å². The molecule has 9 amide bonds. The summed E-state index contributed by atoms with van der Waals surface area (Å²) in [4.78, 5) is 178. The molecule has 0 radical (unpaired) electrons. The first-order chi connectivity index (χ1) is 44.3. The number of benzene rings is 3. The number of hydrogen-bond donors (Lipinski definition) is 8. The van der Waals surface area contributed by atoms with E-state index in [0.29, 0.717) is 110 Å². The van der Waals surface area contributed by atoms with Crippen LogP contribution in [0, 0.1) is 13.8 Å². The zero-order chi connectivity index (χ0) is 69.7. The summed E-state index contributed by atoms with van der Waals surface area (Å²) in [6.45, 7) is 16.0. The standard InChI is InChI=1S/C32H48N3O6.C26H36N3O6.C11H13N3O3.3W/c1-4-28(37)16-10-7-13-19-34-31(40)26-21-25(30(39)33-18-12-6-9-15-24(3)36)22-27(23-26)32(41)35-20-14-8-11-17-29(38)5-2;1-4-22(31)10-7-13-28-25(34)20-15-19(24(33)27-12-6-9-18(3)30)16-21(17-20)26(35)29-14-8-11-23(32)5-2;1-13-10(16)7-3-6(9(12)15)4-8(5-7)11(17)14-2;;;/h21-23H,3-20H2,1-2H3,(H,33,39)(H,34,40)(H,35,41);15-17H,3-14H2,1-2H3,(H,27,33)(H,28,34)(H,29,35);3-5H,1-2H3,(H4,12,13,14,15,16,17);;;/q2*-1;;;;/p-1. The average Bonchev–Trinajstić information content (AvgIpc) is 0.869. The van der Waals surface area contributed by atoms with Crippen LogP contribution in [-0.4, -0.2) is 141 Å². The second-order valence-electron chi connectivity index (χ2n) is 21.8. The largest absolute Gasteiger partial charge is 0.664 e. The van der Waals surface area contributed by atoms with E-state index in [1.54, 1.807) is 13.8 Å². The van der Waals surface area contributed by atoms with Crippen molar-refractivity contribution in [3.05, 3.63) is 124 Å². The Morgan fingerprint density at radius 1 is 0.281 bits per heavy atom. The zero-order valence-electron chi connectivity index (χ0n) is 56.3.